The zero-order valence-electron chi connectivity index (χ0n) is 16.6. The van der Waals surface area contributed by atoms with Crippen LogP contribution in [-0.4, -0.2) is 52.0 Å². The Hall–Kier alpha value is -2.28. The number of nitrogens with zero attached hydrogens (tertiary/aromatic N) is 4. The van der Waals surface area contributed by atoms with Crippen LogP contribution >= 0.6 is 0 Å². The number of aryl methyl sites for hydroxylation is 1. The number of rotatable bonds is 3. The lowest BCUT2D eigenvalue weighted by Crippen LogP contribution is -2.52. The van der Waals surface area contributed by atoms with Gasteiger partial charge in [-0.1, -0.05) is 25.9 Å². The van der Waals surface area contributed by atoms with Crippen LogP contribution < -0.4 is 0 Å². The van der Waals surface area contributed by atoms with Gasteiger partial charge in [0.25, 0.3) is 0 Å². The minimum atomic E-state index is -0.359. The van der Waals surface area contributed by atoms with Gasteiger partial charge in [-0.05, 0) is 37.6 Å². The molecule has 0 saturated carbocycles. The first-order valence-electron chi connectivity index (χ1n) is 9.30. The third-order valence-corrected chi connectivity index (χ3v) is 5.01. The van der Waals surface area contributed by atoms with Crippen LogP contribution in [0.5, 0.6) is 0 Å². The molecule has 1 unspecified atom stereocenters. The van der Waals surface area contributed by atoms with Crippen LogP contribution in [0.15, 0.2) is 22.7 Å². The molecule has 2 heterocycles. The molecule has 0 bridgehead atoms. The van der Waals surface area contributed by atoms with Crippen molar-refractivity contribution in [2.45, 2.75) is 40.7 Å². The third kappa shape index (κ3) is 4.18. The SMILES string of the molecule is Cc1cc(-c2noc(C(C)N3CCN(C(=O)C(C)(C)C)CC3)n2)ccc1F. The first-order chi connectivity index (χ1) is 12.7. The van der Waals surface area contributed by atoms with Crippen LogP contribution in [0.4, 0.5) is 4.39 Å². The van der Waals surface area contributed by atoms with Gasteiger partial charge in [-0.3, -0.25) is 9.69 Å². The molecular weight excluding hydrogens is 347 g/mol. The number of amides is 1. The second kappa shape index (κ2) is 7.38. The summed E-state index contributed by atoms with van der Waals surface area (Å²) in [6.07, 6.45) is 0. The molecule has 1 saturated heterocycles. The number of hydrogen-bond acceptors (Lipinski definition) is 5. The van der Waals surface area contributed by atoms with E-state index in [4.69, 9.17) is 4.52 Å². The average Bonchev–Trinajstić information content (AvgIpc) is 3.12. The lowest BCUT2D eigenvalue weighted by molar-refractivity contribution is -0.141. The molecule has 3 rings (SSSR count). The van der Waals surface area contributed by atoms with Gasteiger partial charge in [-0.15, -0.1) is 0 Å². The fraction of sp³-hybridized carbons (Fsp3) is 0.550. The summed E-state index contributed by atoms with van der Waals surface area (Å²) in [5, 5.41) is 4.05. The van der Waals surface area contributed by atoms with Gasteiger partial charge in [-0.25, -0.2) is 4.39 Å². The summed E-state index contributed by atoms with van der Waals surface area (Å²) in [5.41, 5.74) is 0.922. The first kappa shape index (κ1) is 19.5. The summed E-state index contributed by atoms with van der Waals surface area (Å²) in [6, 6.07) is 4.74. The van der Waals surface area contributed by atoms with Crippen LogP contribution in [0.25, 0.3) is 11.4 Å². The van der Waals surface area contributed by atoms with Crippen molar-refractivity contribution in [3.8, 4) is 11.4 Å². The second-order valence-corrected chi connectivity index (χ2v) is 8.17. The molecule has 0 spiro atoms. The largest absolute Gasteiger partial charge is 0.340 e. The summed E-state index contributed by atoms with van der Waals surface area (Å²) in [5.74, 6) is 0.921. The maximum absolute atomic E-state index is 13.5. The molecule has 1 aromatic heterocycles. The van der Waals surface area contributed by atoms with Gasteiger partial charge in [0.2, 0.25) is 17.6 Å². The predicted octanol–water partition coefficient (Wildman–Crippen LogP) is 3.44. The van der Waals surface area contributed by atoms with E-state index in [1.807, 2.05) is 32.6 Å². The number of hydrogen-bond donors (Lipinski definition) is 0. The highest BCUT2D eigenvalue weighted by Gasteiger charge is 2.32. The highest BCUT2D eigenvalue weighted by atomic mass is 19.1. The van der Waals surface area contributed by atoms with Gasteiger partial charge >= 0.3 is 0 Å². The van der Waals surface area contributed by atoms with E-state index in [0.29, 0.717) is 30.4 Å². The average molecular weight is 374 g/mol. The molecule has 1 atom stereocenters. The Labute approximate surface area is 159 Å². The predicted molar refractivity (Wildman–Crippen MR) is 100 cm³/mol. The van der Waals surface area contributed by atoms with Crippen molar-refractivity contribution in [1.82, 2.24) is 19.9 Å². The van der Waals surface area contributed by atoms with Crippen LogP contribution in [0.3, 0.4) is 0 Å². The Morgan fingerprint density at radius 2 is 1.89 bits per heavy atom. The van der Waals surface area contributed by atoms with Crippen LogP contribution in [0.1, 0.15) is 45.2 Å². The molecule has 0 aliphatic carbocycles. The second-order valence-electron chi connectivity index (χ2n) is 8.17. The van der Waals surface area contributed by atoms with E-state index in [1.165, 1.54) is 6.07 Å². The normalized spacial score (nSPS) is 17.2. The van der Waals surface area contributed by atoms with Crippen LogP contribution in [-0.2, 0) is 4.79 Å². The van der Waals surface area contributed by atoms with Crippen LogP contribution in [0.2, 0.25) is 0 Å². The van der Waals surface area contributed by atoms with Crippen molar-refractivity contribution >= 4 is 5.91 Å². The van der Waals surface area contributed by atoms with Gasteiger partial charge in [0.05, 0.1) is 6.04 Å². The lowest BCUT2D eigenvalue weighted by atomic mass is 9.94. The molecule has 1 amide bonds. The van der Waals surface area contributed by atoms with Crippen molar-refractivity contribution in [3.05, 3.63) is 35.5 Å². The van der Waals surface area contributed by atoms with Crippen molar-refractivity contribution in [3.63, 3.8) is 0 Å². The van der Waals surface area contributed by atoms with Gasteiger partial charge in [0.15, 0.2) is 0 Å². The fourth-order valence-electron chi connectivity index (χ4n) is 3.25. The van der Waals surface area contributed by atoms with Crippen molar-refractivity contribution < 1.29 is 13.7 Å². The zero-order chi connectivity index (χ0) is 19.8. The van der Waals surface area contributed by atoms with Crippen molar-refractivity contribution in [1.29, 1.82) is 0 Å². The smallest absolute Gasteiger partial charge is 0.244 e. The molecular formula is C20H27FN4O2. The zero-order valence-corrected chi connectivity index (χ0v) is 16.6. The van der Waals surface area contributed by atoms with E-state index in [9.17, 15) is 9.18 Å². The molecule has 0 radical (unpaired) electrons. The summed E-state index contributed by atoms with van der Waals surface area (Å²) < 4.78 is 18.9. The minimum absolute atomic E-state index is 0.0420. The first-order valence-corrected chi connectivity index (χ1v) is 9.30. The van der Waals surface area contributed by atoms with Gasteiger partial charge < -0.3 is 9.42 Å². The number of aromatic nitrogens is 2. The Morgan fingerprint density at radius 3 is 2.48 bits per heavy atom. The maximum atomic E-state index is 13.5. The van der Waals surface area contributed by atoms with Crippen LogP contribution in [0, 0.1) is 18.2 Å². The highest BCUT2D eigenvalue weighted by Crippen LogP contribution is 2.25. The Morgan fingerprint density at radius 1 is 1.22 bits per heavy atom. The van der Waals surface area contributed by atoms with Gasteiger partial charge in [0.1, 0.15) is 5.82 Å². The highest BCUT2D eigenvalue weighted by molar-refractivity contribution is 5.81. The number of carbonyl (C=O) groups is 1. The number of carbonyl (C=O) groups excluding carboxylic acids is 1. The molecule has 2 aromatic rings. The molecule has 1 aliphatic heterocycles. The molecule has 1 aromatic carbocycles. The summed E-state index contributed by atoms with van der Waals surface area (Å²) >= 11 is 0. The number of piperazine rings is 1. The van der Waals surface area contributed by atoms with E-state index in [0.717, 1.165) is 18.7 Å². The fourth-order valence-corrected chi connectivity index (χ4v) is 3.25. The Balaban J connectivity index is 1.66. The van der Waals surface area contributed by atoms with Crippen molar-refractivity contribution in [2.75, 3.05) is 26.2 Å². The molecule has 7 heteroatoms. The maximum Gasteiger partial charge on any atom is 0.244 e. The third-order valence-electron chi connectivity index (χ3n) is 5.01. The number of benzene rings is 1. The molecule has 6 nitrogen and oxygen atoms in total. The van der Waals surface area contributed by atoms with E-state index in [2.05, 4.69) is 15.0 Å². The molecule has 27 heavy (non-hydrogen) atoms. The molecule has 1 aliphatic rings. The lowest BCUT2D eigenvalue weighted by Gasteiger charge is -2.39. The molecule has 1 fully saturated rings. The monoisotopic (exact) mass is 374 g/mol. The topological polar surface area (TPSA) is 62.5 Å². The standard InChI is InChI=1S/C20H27FN4O2/c1-13-12-15(6-7-16(13)21)17-22-18(27-23-17)14(2)24-8-10-25(11-9-24)19(26)20(3,4)5/h6-7,12,14H,8-11H2,1-5H3. The van der Waals surface area contributed by atoms with Gasteiger partial charge in [-0.2, -0.15) is 4.98 Å². The quantitative estimate of drug-likeness (QED) is 0.824. The van der Waals surface area contributed by atoms with E-state index >= 15 is 0 Å². The number of halogens is 1. The van der Waals surface area contributed by atoms with E-state index in [1.54, 1.807) is 19.1 Å². The summed E-state index contributed by atoms with van der Waals surface area (Å²) in [4.78, 5) is 21.1. The Kier molecular flexibility index (Phi) is 5.33. The summed E-state index contributed by atoms with van der Waals surface area (Å²) in [7, 11) is 0. The van der Waals surface area contributed by atoms with Crippen molar-refractivity contribution in [2.24, 2.45) is 5.41 Å². The summed E-state index contributed by atoms with van der Waals surface area (Å²) in [6.45, 7) is 12.5. The van der Waals surface area contributed by atoms with E-state index < -0.39 is 0 Å². The van der Waals surface area contributed by atoms with Gasteiger partial charge in [0, 0.05) is 37.2 Å². The molecule has 146 valence electrons. The Bertz CT molecular complexity index is 820. The van der Waals surface area contributed by atoms with E-state index in [-0.39, 0.29) is 23.2 Å². The minimum Gasteiger partial charge on any atom is -0.340 e. The molecule has 0 N–H and O–H groups in total.